The van der Waals surface area contributed by atoms with Gasteiger partial charge < -0.3 is 10.6 Å². The van der Waals surface area contributed by atoms with Gasteiger partial charge in [0.15, 0.2) is 0 Å². The summed E-state index contributed by atoms with van der Waals surface area (Å²) in [7, 11) is 0. The molecule has 0 aromatic rings. The summed E-state index contributed by atoms with van der Waals surface area (Å²) in [6.07, 6.45) is 1.17. The molecule has 0 aromatic heterocycles. The van der Waals surface area contributed by atoms with E-state index in [4.69, 9.17) is 18.0 Å². The SMILES string of the molecule is CC1(C)C(=O)NC(=O)CN1C(=O)C1(C(N)=S)CC1. The lowest BCUT2D eigenvalue weighted by molar-refractivity contribution is -0.157. The Labute approximate surface area is 110 Å². The Balaban J connectivity index is 2.32. The lowest BCUT2D eigenvalue weighted by Crippen LogP contribution is -2.67. The molecule has 1 aliphatic carbocycles. The third kappa shape index (κ3) is 1.69. The van der Waals surface area contributed by atoms with E-state index in [9.17, 15) is 14.4 Å². The molecular weight excluding hydrogens is 254 g/mol. The quantitative estimate of drug-likeness (QED) is 0.511. The van der Waals surface area contributed by atoms with E-state index in [-0.39, 0.29) is 17.4 Å². The second-order valence-electron chi connectivity index (χ2n) is 5.27. The van der Waals surface area contributed by atoms with Gasteiger partial charge in [-0.1, -0.05) is 12.2 Å². The molecular formula is C11H15N3O3S. The number of carbonyl (C=O) groups excluding carboxylic acids is 3. The third-order valence-corrected chi connectivity index (χ3v) is 4.05. The summed E-state index contributed by atoms with van der Waals surface area (Å²) in [6, 6.07) is 0. The highest BCUT2D eigenvalue weighted by Crippen LogP contribution is 2.48. The van der Waals surface area contributed by atoms with Crippen LogP contribution >= 0.6 is 12.2 Å². The minimum Gasteiger partial charge on any atom is -0.392 e. The molecule has 3 N–H and O–H groups in total. The van der Waals surface area contributed by atoms with Crippen LogP contribution in [0.5, 0.6) is 0 Å². The molecule has 98 valence electrons. The number of imide groups is 1. The van der Waals surface area contributed by atoms with Crippen molar-refractivity contribution in [3.05, 3.63) is 0 Å². The van der Waals surface area contributed by atoms with E-state index < -0.39 is 22.8 Å². The van der Waals surface area contributed by atoms with Gasteiger partial charge in [0.2, 0.25) is 11.8 Å². The third-order valence-electron chi connectivity index (χ3n) is 3.66. The first-order chi connectivity index (χ1) is 8.21. The van der Waals surface area contributed by atoms with Crippen LogP contribution in [0.3, 0.4) is 0 Å². The van der Waals surface area contributed by atoms with Crippen molar-refractivity contribution in [2.45, 2.75) is 32.2 Å². The maximum Gasteiger partial charge on any atom is 0.252 e. The molecule has 0 radical (unpaired) electrons. The average Bonchev–Trinajstić information content (AvgIpc) is 3.03. The fourth-order valence-corrected chi connectivity index (χ4v) is 2.35. The van der Waals surface area contributed by atoms with Crippen molar-refractivity contribution in [3.8, 4) is 0 Å². The van der Waals surface area contributed by atoms with Gasteiger partial charge in [0.05, 0.1) is 10.4 Å². The van der Waals surface area contributed by atoms with Crippen LogP contribution in [0.4, 0.5) is 0 Å². The second-order valence-corrected chi connectivity index (χ2v) is 5.71. The van der Waals surface area contributed by atoms with E-state index in [0.29, 0.717) is 12.8 Å². The molecule has 1 heterocycles. The highest BCUT2D eigenvalue weighted by Gasteiger charge is 2.58. The van der Waals surface area contributed by atoms with Gasteiger partial charge in [-0.25, -0.2) is 0 Å². The van der Waals surface area contributed by atoms with Gasteiger partial charge in [-0.05, 0) is 26.7 Å². The molecule has 2 aliphatic rings. The minimum atomic E-state index is -1.06. The lowest BCUT2D eigenvalue weighted by Gasteiger charge is -2.41. The Morgan fingerprint density at radius 3 is 2.39 bits per heavy atom. The molecule has 18 heavy (non-hydrogen) atoms. The van der Waals surface area contributed by atoms with Gasteiger partial charge in [-0.15, -0.1) is 0 Å². The number of thiocarbonyl (C=S) groups is 1. The Bertz CT molecular complexity index is 468. The van der Waals surface area contributed by atoms with Crippen LogP contribution in [0.2, 0.25) is 0 Å². The predicted molar refractivity (Wildman–Crippen MR) is 67.4 cm³/mol. The number of nitrogens with two attached hydrogens (primary N) is 1. The summed E-state index contributed by atoms with van der Waals surface area (Å²) in [5.41, 5.74) is 3.69. The maximum absolute atomic E-state index is 12.5. The number of piperazine rings is 1. The van der Waals surface area contributed by atoms with Crippen LogP contribution in [0, 0.1) is 5.41 Å². The van der Waals surface area contributed by atoms with Crippen LogP contribution in [0.25, 0.3) is 0 Å². The summed E-state index contributed by atoms with van der Waals surface area (Å²) in [5, 5.41) is 2.22. The summed E-state index contributed by atoms with van der Waals surface area (Å²) >= 11 is 4.92. The van der Waals surface area contributed by atoms with E-state index in [0.717, 1.165) is 0 Å². The molecule has 0 unspecified atom stereocenters. The monoisotopic (exact) mass is 269 g/mol. The van der Waals surface area contributed by atoms with Crippen molar-refractivity contribution < 1.29 is 14.4 Å². The molecule has 2 rings (SSSR count). The topological polar surface area (TPSA) is 92.5 Å². The summed E-state index contributed by atoms with van der Waals surface area (Å²) in [5.74, 6) is -1.28. The van der Waals surface area contributed by atoms with Crippen molar-refractivity contribution in [3.63, 3.8) is 0 Å². The highest BCUT2D eigenvalue weighted by molar-refractivity contribution is 7.80. The predicted octanol–water partition coefficient (Wildman–Crippen LogP) is -0.684. The van der Waals surface area contributed by atoms with E-state index >= 15 is 0 Å². The van der Waals surface area contributed by atoms with Crippen molar-refractivity contribution >= 4 is 34.9 Å². The molecule has 1 saturated heterocycles. The fraction of sp³-hybridized carbons (Fsp3) is 0.636. The number of carbonyl (C=O) groups is 3. The van der Waals surface area contributed by atoms with Gasteiger partial charge in [0, 0.05) is 0 Å². The van der Waals surface area contributed by atoms with E-state index in [2.05, 4.69) is 5.32 Å². The molecule has 0 bridgehead atoms. The Kier molecular flexibility index (Phi) is 2.69. The number of nitrogens with one attached hydrogen (secondary N) is 1. The zero-order chi connectivity index (χ0) is 13.7. The zero-order valence-electron chi connectivity index (χ0n) is 10.3. The van der Waals surface area contributed by atoms with Gasteiger partial charge >= 0.3 is 0 Å². The number of amides is 3. The second kappa shape index (κ2) is 3.74. The molecule has 6 nitrogen and oxygen atoms in total. The summed E-state index contributed by atoms with van der Waals surface area (Å²) in [4.78, 5) is 37.0. The van der Waals surface area contributed by atoms with Crippen molar-refractivity contribution in [2.24, 2.45) is 11.1 Å². The van der Waals surface area contributed by atoms with Crippen molar-refractivity contribution in [2.75, 3.05) is 6.54 Å². The minimum absolute atomic E-state index is 0.137. The van der Waals surface area contributed by atoms with Crippen molar-refractivity contribution in [1.82, 2.24) is 10.2 Å². The van der Waals surface area contributed by atoms with Gasteiger partial charge in [-0.2, -0.15) is 0 Å². The Hall–Kier alpha value is -1.50. The lowest BCUT2D eigenvalue weighted by atomic mass is 9.94. The highest BCUT2D eigenvalue weighted by atomic mass is 32.1. The normalized spacial score (nSPS) is 24.4. The fourth-order valence-electron chi connectivity index (χ4n) is 2.06. The first-order valence-electron chi connectivity index (χ1n) is 5.68. The smallest absolute Gasteiger partial charge is 0.252 e. The Morgan fingerprint density at radius 2 is 1.94 bits per heavy atom. The van der Waals surface area contributed by atoms with Crippen LogP contribution in [0.15, 0.2) is 0 Å². The first kappa shape index (κ1) is 12.9. The van der Waals surface area contributed by atoms with Crippen LogP contribution in [0.1, 0.15) is 26.7 Å². The summed E-state index contributed by atoms with van der Waals surface area (Å²) < 4.78 is 0. The maximum atomic E-state index is 12.5. The van der Waals surface area contributed by atoms with Crippen molar-refractivity contribution in [1.29, 1.82) is 0 Å². The molecule has 7 heteroatoms. The average molecular weight is 269 g/mol. The summed E-state index contributed by atoms with van der Waals surface area (Å²) in [6.45, 7) is 3.06. The van der Waals surface area contributed by atoms with E-state index in [1.54, 1.807) is 13.8 Å². The molecule has 0 spiro atoms. The first-order valence-corrected chi connectivity index (χ1v) is 6.09. The molecule has 1 aliphatic heterocycles. The molecule has 2 fully saturated rings. The van der Waals surface area contributed by atoms with Gasteiger partial charge in [0.1, 0.15) is 12.1 Å². The molecule has 0 atom stereocenters. The van der Waals surface area contributed by atoms with Crippen LogP contribution in [-0.4, -0.2) is 39.7 Å². The largest absolute Gasteiger partial charge is 0.392 e. The van der Waals surface area contributed by atoms with Gasteiger partial charge in [0.25, 0.3) is 5.91 Å². The standard InChI is InChI=1S/C11H15N3O3S/c1-10(2)8(16)13-6(15)5-14(10)9(17)11(3-4-11)7(12)18/h3-5H2,1-2H3,(H2,12,18)(H,13,15,16). The molecule has 1 saturated carbocycles. The van der Waals surface area contributed by atoms with E-state index in [1.807, 2.05) is 0 Å². The van der Waals surface area contributed by atoms with Crippen LogP contribution < -0.4 is 11.1 Å². The Morgan fingerprint density at radius 1 is 1.39 bits per heavy atom. The number of hydrogen-bond donors (Lipinski definition) is 2. The zero-order valence-corrected chi connectivity index (χ0v) is 11.1. The van der Waals surface area contributed by atoms with Crippen LogP contribution in [-0.2, 0) is 14.4 Å². The number of nitrogens with zero attached hydrogens (tertiary/aromatic N) is 1. The molecule has 3 amide bonds. The number of rotatable bonds is 2. The molecule has 0 aromatic carbocycles. The van der Waals surface area contributed by atoms with Gasteiger partial charge in [-0.3, -0.25) is 19.7 Å². The van der Waals surface area contributed by atoms with E-state index in [1.165, 1.54) is 4.90 Å². The number of hydrogen-bond acceptors (Lipinski definition) is 4.